The topological polar surface area (TPSA) is 75.3 Å². The van der Waals surface area contributed by atoms with E-state index in [0.29, 0.717) is 22.4 Å². The van der Waals surface area contributed by atoms with Crippen LogP contribution in [0.3, 0.4) is 0 Å². The molecular weight excluding hydrogens is 364 g/mol. The number of hydrogen-bond donors (Lipinski definition) is 2. The minimum Gasteiger partial charge on any atom is -0.322 e. The van der Waals surface area contributed by atoms with Gasteiger partial charge in [-0.2, -0.15) is 0 Å². The molecule has 2 N–H and O–H groups in total. The summed E-state index contributed by atoms with van der Waals surface area (Å²) in [4.78, 5) is 36.1. The molecule has 0 saturated carbocycles. The van der Waals surface area contributed by atoms with E-state index in [0.717, 1.165) is 16.8 Å². The molecule has 0 aliphatic carbocycles. The first kappa shape index (κ1) is 20.0. The van der Waals surface area contributed by atoms with E-state index >= 15 is 0 Å². The maximum absolute atomic E-state index is 12.4. The van der Waals surface area contributed by atoms with Crippen molar-refractivity contribution >= 4 is 29.0 Å². The Hall–Kier alpha value is -3.73. The van der Waals surface area contributed by atoms with Crippen LogP contribution in [-0.4, -0.2) is 17.6 Å². The molecule has 5 heteroatoms. The highest BCUT2D eigenvalue weighted by molar-refractivity contribution is 6.07. The predicted octanol–water partition coefficient (Wildman–Crippen LogP) is 5.01. The molecular formula is C24H22N2O3. The Labute approximate surface area is 169 Å². The molecule has 2 amide bonds. The maximum Gasteiger partial charge on any atom is 0.255 e. The van der Waals surface area contributed by atoms with E-state index in [2.05, 4.69) is 10.6 Å². The van der Waals surface area contributed by atoms with Gasteiger partial charge in [0, 0.05) is 28.1 Å². The highest BCUT2D eigenvalue weighted by atomic mass is 16.2. The molecule has 146 valence electrons. The van der Waals surface area contributed by atoms with E-state index in [1.165, 1.54) is 6.92 Å². The molecule has 0 aliphatic rings. The van der Waals surface area contributed by atoms with Gasteiger partial charge in [-0.15, -0.1) is 0 Å². The second kappa shape index (κ2) is 8.52. The van der Waals surface area contributed by atoms with Crippen molar-refractivity contribution in [2.75, 3.05) is 10.6 Å². The summed E-state index contributed by atoms with van der Waals surface area (Å²) in [6, 6.07) is 18.9. The summed E-state index contributed by atoms with van der Waals surface area (Å²) in [6.07, 6.45) is 0. The molecule has 0 bridgehead atoms. The molecule has 0 atom stereocenters. The van der Waals surface area contributed by atoms with Crippen LogP contribution < -0.4 is 10.6 Å². The van der Waals surface area contributed by atoms with Crippen molar-refractivity contribution in [1.29, 1.82) is 0 Å². The van der Waals surface area contributed by atoms with E-state index in [4.69, 9.17) is 0 Å². The summed E-state index contributed by atoms with van der Waals surface area (Å²) >= 11 is 0. The first-order chi connectivity index (χ1) is 13.8. The summed E-state index contributed by atoms with van der Waals surface area (Å²) in [5.41, 5.74) is 5.07. The molecule has 5 nitrogen and oxygen atoms in total. The van der Waals surface area contributed by atoms with Gasteiger partial charge < -0.3 is 10.6 Å². The summed E-state index contributed by atoms with van der Waals surface area (Å²) in [7, 11) is 0. The lowest BCUT2D eigenvalue weighted by Crippen LogP contribution is -2.14. The number of amides is 2. The van der Waals surface area contributed by atoms with Gasteiger partial charge in [0.2, 0.25) is 0 Å². The Bertz CT molecular complexity index is 1070. The van der Waals surface area contributed by atoms with Crippen LogP contribution in [0.1, 0.15) is 49.1 Å². The fourth-order valence-electron chi connectivity index (χ4n) is 2.79. The SMILES string of the molecule is CC(=O)c1ccc(NC(=O)c2ccc(C(=O)Nc3ccc(C)c(C)c3)cc2)cc1. The Morgan fingerprint density at radius 1 is 0.586 bits per heavy atom. The number of carbonyl (C=O) groups excluding carboxylic acids is 3. The number of ketones is 1. The molecule has 0 saturated heterocycles. The van der Waals surface area contributed by atoms with E-state index in [1.54, 1.807) is 48.5 Å². The fraction of sp³-hybridized carbons (Fsp3) is 0.125. The van der Waals surface area contributed by atoms with Gasteiger partial charge in [0.05, 0.1) is 0 Å². The van der Waals surface area contributed by atoms with Gasteiger partial charge in [-0.3, -0.25) is 14.4 Å². The number of nitrogens with one attached hydrogen (secondary N) is 2. The molecule has 0 radical (unpaired) electrons. The van der Waals surface area contributed by atoms with Crippen LogP contribution in [0.2, 0.25) is 0 Å². The monoisotopic (exact) mass is 386 g/mol. The molecule has 29 heavy (non-hydrogen) atoms. The zero-order valence-corrected chi connectivity index (χ0v) is 16.6. The zero-order valence-electron chi connectivity index (χ0n) is 16.6. The van der Waals surface area contributed by atoms with Crippen molar-refractivity contribution in [2.45, 2.75) is 20.8 Å². The summed E-state index contributed by atoms with van der Waals surface area (Å²) in [5.74, 6) is -0.556. The van der Waals surface area contributed by atoms with Crippen LogP contribution in [0.25, 0.3) is 0 Å². The molecule has 0 spiro atoms. The number of Topliss-reactive ketones (excluding diaryl/α,β-unsaturated/α-hetero) is 1. The lowest BCUT2D eigenvalue weighted by atomic mass is 10.1. The van der Waals surface area contributed by atoms with Gasteiger partial charge in [-0.25, -0.2) is 0 Å². The quantitative estimate of drug-likeness (QED) is 0.605. The second-order valence-electron chi connectivity index (χ2n) is 6.92. The Morgan fingerprint density at radius 3 is 1.52 bits per heavy atom. The van der Waals surface area contributed by atoms with Crippen molar-refractivity contribution in [3.05, 3.63) is 94.5 Å². The number of hydrogen-bond acceptors (Lipinski definition) is 3. The standard InChI is InChI=1S/C24H22N2O3/c1-15-4-11-22(14-16(15)2)26-24(29)20-7-5-19(6-8-20)23(28)25-21-12-9-18(10-13-21)17(3)27/h4-14H,1-3H3,(H,25,28)(H,26,29). The third-order valence-corrected chi connectivity index (χ3v) is 4.72. The number of aryl methyl sites for hydroxylation is 2. The van der Waals surface area contributed by atoms with Crippen molar-refractivity contribution in [2.24, 2.45) is 0 Å². The molecule has 3 aromatic carbocycles. The highest BCUT2D eigenvalue weighted by Gasteiger charge is 2.10. The normalized spacial score (nSPS) is 10.3. The van der Waals surface area contributed by atoms with Crippen LogP contribution in [0.15, 0.2) is 66.7 Å². The van der Waals surface area contributed by atoms with Crippen LogP contribution in [0, 0.1) is 13.8 Å². The summed E-state index contributed by atoms with van der Waals surface area (Å²) < 4.78 is 0. The van der Waals surface area contributed by atoms with E-state index in [1.807, 2.05) is 32.0 Å². The van der Waals surface area contributed by atoms with Crippen LogP contribution >= 0.6 is 0 Å². The third-order valence-electron chi connectivity index (χ3n) is 4.72. The Kier molecular flexibility index (Phi) is 5.88. The summed E-state index contributed by atoms with van der Waals surface area (Å²) in [5, 5.41) is 5.64. The highest BCUT2D eigenvalue weighted by Crippen LogP contribution is 2.16. The maximum atomic E-state index is 12.4. The lowest BCUT2D eigenvalue weighted by molar-refractivity contribution is 0.101. The first-order valence-electron chi connectivity index (χ1n) is 9.24. The predicted molar refractivity (Wildman–Crippen MR) is 115 cm³/mol. The molecule has 0 heterocycles. The molecule has 0 aromatic heterocycles. The van der Waals surface area contributed by atoms with Crippen LogP contribution in [-0.2, 0) is 0 Å². The molecule has 0 unspecified atom stereocenters. The lowest BCUT2D eigenvalue weighted by Gasteiger charge is -2.09. The van der Waals surface area contributed by atoms with Gasteiger partial charge in [0.25, 0.3) is 11.8 Å². The number of anilines is 2. The molecule has 0 fully saturated rings. The fourth-order valence-corrected chi connectivity index (χ4v) is 2.79. The minimum atomic E-state index is -0.290. The number of rotatable bonds is 5. The number of carbonyl (C=O) groups is 3. The van der Waals surface area contributed by atoms with Crippen molar-refractivity contribution in [1.82, 2.24) is 0 Å². The smallest absolute Gasteiger partial charge is 0.255 e. The van der Waals surface area contributed by atoms with Crippen LogP contribution in [0.5, 0.6) is 0 Å². The van der Waals surface area contributed by atoms with Crippen LogP contribution in [0.4, 0.5) is 11.4 Å². The van der Waals surface area contributed by atoms with Crippen molar-refractivity contribution < 1.29 is 14.4 Å². The van der Waals surface area contributed by atoms with Gasteiger partial charge in [0.1, 0.15) is 0 Å². The molecule has 3 rings (SSSR count). The first-order valence-corrected chi connectivity index (χ1v) is 9.24. The van der Waals surface area contributed by atoms with Crippen molar-refractivity contribution in [3.8, 4) is 0 Å². The summed E-state index contributed by atoms with van der Waals surface area (Å²) in [6.45, 7) is 5.50. The van der Waals surface area contributed by atoms with Crippen molar-refractivity contribution in [3.63, 3.8) is 0 Å². The molecule has 3 aromatic rings. The van der Waals surface area contributed by atoms with Gasteiger partial charge in [-0.05, 0) is 92.6 Å². The molecule has 0 aliphatic heterocycles. The largest absolute Gasteiger partial charge is 0.322 e. The van der Waals surface area contributed by atoms with Gasteiger partial charge in [-0.1, -0.05) is 6.07 Å². The third kappa shape index (κ3) is 4.96. The van der Waals surface area contributed by atoms with E-state index in [9.17, 15) is 14.4 Å². The zero-order chi connectivity index (χ0) is 21.0. The average molecular weight is 386 g/mol. The van der Waals surface area contributed by atoms with Gasteiger partial charge in [0.15, 0.2) is 5.78 Å². The van der Waals surface area contributed by atoms with E-state index < -0.39 is 0 Å². The Balaban J connectivity index is 1.65. The second-order valence-corrected chi connectivity index (χ2v) is 6.92. The van der Waals surface area contributed by atoms with E-state index in [-0.39, 0.29) is 17.6 Å². The number of benzene rings is 3. The average Bonchev–Trinajstić information content (AvgIpc) is 2.71. The van der Waals surface area contributed by atoms with Gasteiger partial charge >= 0.3 is 0 Å². The minimum absolute atomic E-state index is 0.0301. The Morgan fingerprint density at radius 2 is 1.03 bits per heavy atom.